The van der Waals surface area contributed by atoms with Crippen LogP contribution in [0.1, 0.15) is 5.56 Å². The molecule has 0 aliphatic rings. The van der Waals surface area contributed by atoms with Gasteiger partial charge in [-0.05, 0) is 54.6 Å². The molecule has 0 spiro atoms. The van der Waals surface area contributed by atoms with Gasteiger partial charge in [-0.3, -0.25) is 4.79 Å². The lowest BCUT2D eigenvalue weighted by atomic mass is 10.2. The number of nitrogens with one attached hydrogen (secondary N) is 1. The number of para-hydroxylation sites is 2. The molecule has 0 saturated heterocycles. The minimum absolute atomic E-state index is 0.0100. The summed E-state index contributed by atoms with van der Waals surface area (Å²) in [6.45, 7) is 0.104. The predicted octanol–water partition coefficient (Wildman–Crippen LogP) is 6.72. The number of halogens is 1. The third-order valence-electron chi connectivity index (χ3n) is 5.49. The van der Waals surface area contributed by atoms with Gasteiger partial charge in [-0.2, -0.15) is 15.3 Å². The van der Waals surface area contributed by atoms with Gasteiger partial charge in [0.2, 0.25) is 0 Å². The van der Waals surface area contributed by atoms with E-state index in [1.165, 1.54) is 12.3 Å². The Kier molecular flexibility index (Phi) is 6.24. The van der Waals surface area contributed by atoms with Crippen molar-refractivity contribution in [1.82, 2.24) is 9.99 Å². The molecule has 0 aliphatic heterocycles. The second-order valence-corrected chi connectivity index (χ2v) is 8.27. The molecule has 0 unspecified atom stereocenters. The number of hydrogen-bond donors (Lipinski definition) is 2. The zero-order chi connectivity index (χ0) is 24.2. The van der Waals surface area contributed by atoms with Crippen molar-refractivity contribution in [3.05, 3.63) is 102 Å². The van der Waals surface area contributed by atoms with Crippen molar-refractivity contribution in [1.29, 1.82) is 0 Å². The van der Waals surface area contributed by atoms with E-state index in [1.54, 1.807) is 36.4 Å². The second-order valence-electron chi connectivity index (χ2n) is 7.83. The maximum absolute atomic E-state index is 12.7. The van der Waals surface area contributed by atoms with E-state index >= 15 is 0 Å². The third-order valence-corrected chi connectivity index (χ3v) is 5.75. The number of hydrazone groups is 1. The first kappa shape index (κ1) is 22.3. The number of phenolic OH excluding ortho intramolecular Hbond substituents is 1. The molecule has 2 N–H and O–H groups in total. The molecule has 8 heteroatoms. The zero-order valence-corrected chi connectivity index (χ0v) is 19.2. The molecule has 0 atom stereocenters. The molecule has 1 aromatic heterocycles. The summed E-state index contributed by atoms with van der Waals surface area (Å²) in [5.41, 5.74) is 6.06. The van der Waals surface area contributed by atoms with E-state index in [0.29, 0.717) is 22.0 Å². The summed E-state index contributed by atoms with van der Waals surface area (Å²) >= 11 is 5.88. The van der Waals surface area contributed by atoms with Crippen LogP contribution in [0.25, 0.3) is 21.8 Å². The molecule has 7 nitrogen and oxygen atoms in total. The Bertz CT molecular complexity index is 1540. The van der Waals surface area contributed by atoms with Crippen LogP contribution in [0.2, 0.25) is 5.02 Å². The maximum atomic E-state index is 12.7. The van der Waals surface area contributed by atoms with Crippen LogP contribution in [0, 0.1) is 0 Å². The van der Waals surface area contributed by atoms with Crippen molar-refractivity contribution in [3.63, 3.8) is 0 Å². The van der Waals surface area contributed by atoms with Crippen LogP contribution in [0.15, 0.2) is 106 Å². The summed E-state index contributed by atoms with van der Waals surface area (Å²) in [5, 5.41) is 25.3. The normalized spacial score (nSPS) is 11.7. The SMILES string of the molecule is O=C(Cn1c2ccccc2c2ccccc21)N/N=C/c1cc(N=Nc2ccc(Cl)cc2)ccc1O. The molecule has 0 aliphatic carbocycles. The van der Waals surface area contributed by atoms with E-state index in [-0.39, 0.29) is 18.2 Å². The number of nitrogens with zero attached hydrogens (tertiary/aromatic N) is 4. The summed E-state index contributed by atoms with van der Waals surface area (Å²) in [4.78, 5) is 12.7. The Labute approximate surface area is 206 Å². The molecule has 0 bridgehead atoms. The molecule has 0 saturated carbocycles. The quantitative estimate of drug-likeness (QED) is 0.160. The molecular formula is C27H20ClN5O2. The van der Waals surface area contributed by atoms with E-state index < -0.39 is 0 Å². The van der Waals surface area contributed by atoms with Crippen molar-refractivity contribution >= 4 is 56.9 Å². The highest BCUT2D eigenvalue weighted by Crippen LogP contribution is 2.28. The Balaban J connectivity index is 1.30. The number of azo groups is 1. The smallest absolute Gasteiger partial charge is 0.260 e. The van der Waals surface area contributed by atoms with Gasteiger partial charge in [0, 0.05) is 32.4 Å². The summed E-state index contributed by atoms with van der Waals surface area (Å²) in [5.74, 6) is -0.276. The molecule has 5 aromatic rings. The molecule has 1 amide bonds. The van der Waals surface area contributed by atoms with Crippen LogP contribution < -0.4 is 5.43 Å². The lowest BCUT2D eigenvalue weighted by molar-refractivity contribution is -0.121. The van der Waals surface area contributed by atoms with Crippen molar-refractivity contribution in [2.45, 2.75) is 6.54 Å². The van der Waals surface area contributed by atoms with E-state index in [2.05, 4.69) is 20.8 Å². The summed E-state index contributed by atoms with van der Waals surface area (Å²) in [7, 11) is 0. The minimum atomic E-state index is -0.286. The summed E-state index contributed by atoms with van der Waals surface area (Å²) in [6.07, 6.45) is 1.38. The number of aromatic hydroxyl groups is 1. The fourth-order valence-corrected chi connectivity index (χ4v) is 3.98. The molecule has 4 aromatic carbocycles. The highest BCUT2D eigenvalue weighted by atomic mass is 35.5. The number of carbonyl (C=O) groups excluding carboxylic acids is 1. The lowest BCUT2D eigenvalue weighted by Gasteiger charge is -2.06. The number of rotatable bonds is 6. The molecule has 35 heavy (non-hydrogen) atoms. The van der Waals surface area contributed by atoms with Gasteiger partial charge < -0.3 is 9.67 Å². The Hall–Kier alpha value is -4.49. The monoisotopic (exact) mass is 481 g/mol. The fourth-order valence-electron chi connectivity index (χ4n) is 3.86. The number of phenols is 1. The van der Waals surface area contributed by atoms with Crippen LogP contribution in [-0.4, -0.2) is 21.8 Å². The second kappa shape index (κ2) is 9.79. The average Bonchev–Trinajstić information content (AvgIpc) is 3.19. The van der Waals surface area contributed by atoms with Crippen LogP contribution in [0.4, 0.5) is 11.4 Å². The van der Waals surface area contributed by atoms with E-state index in [9.17, 15) is 9.90 Å². The largest absolute Gasteiger partial charge is 0.507 e. The number of carbonyl (C=O) groups is 1. The molecular weight excluding hydrogens is 462 g/mol. The fraction of sp³-hybridized carbons (Fsp3) is 0.0370. The molecule has 1 heterocycles. The predicted molar refractivity (Wildman–Crippen MR) is 139 cm³/mol. The van der Waals surface area contributed by atoms with Gasteiger partial charge in [0.25, 0.3) is 5.91 Å². The lowest BCUT2D eigenvalue weighted by Crippen LogP contribution is -2.23. The van der Waals surface area contributed by atoms with Crippen molar-refractivity contribution in [3.8, 4) is 5.75 Å². The topological polar surface area (TPSA) is 91.3 Å². The minimum Gasteiger partial charge on any atom is -0.507 e. The van der Waals surface area contributed by atoms with E-state index in [1.807, 2.05) is 53.1 Å². The Morgan fingerprint density at radius 1 is 0.857 bits per heavy atom. The molecule has 5 rings (SSSR count). The van der Waals surface area contributed by atoms with Gasteiger partial charge in [0.15, 0.2) is 0 Å². The average molecular weight is 482 g/mol. The first-order valence-corrected chi connectivity index (χ1v) is 11.2. The highest BCUT2D eigenvalue weighted by molar-refractivity contribution is 6.30. The maximum Gasteiger partial charge on any atom is 0.260 e. The van der Waals surface area contributed by atoms with Gasteiger partial charge in [-0.1, -0.05) is 48.0 Å². The van der Waals surface area contributed by atoms with Crippen LogP contribution >= 0.6 is 11.6 Å². The van der Waals surface area contributed by atoms with E-state index in [0.717, 1.165) is 21.8 Å². The summed E-state index contributed by atoms with van der Waals surface area (Å²) in [6, 6.07) is 27.7. The number of aromatic nitrogens is 1. The van der Waals surface area contributed by atoms with Gasteiger partial charge in [-0.25, -0.2) is 5.43 Å². The standard InChI is InChI=1S/C27H20ClN5O2/c28-19-9-11-20(12-10-19)30-31-21-13-14-26(34)18(15-21)16-29-32-27(35)17-33-24-7-3-1-5-22(24)23-6-2-4-8-25(23)33/h1-16,34H,17H2,(H,32,35)/b29-16+,31-30?. The first-order valence-electron chi connectivity index (χ1n) is 10.9. The molecule has 0 fully saturated rings. The van der Waals surface area contributed by atoms with Crippen molar-refractivity contribution in [2.75, 3.05) is 0 Å². The van der Waals surface area contributed by atoms with Gasteiger partial charge >= 0.3 is 0 Å². The van der Waals surface area contributed by atoms with Gasteiger partial charge in [-0.15, -0.1) is 0 Å². The molecule has 172 valence electrons. The summed E-state index contributed by atoms with van der Waals surface area (Å²) < 4.78 is 1.96. The van der Waals surface area contributed by atoms with Crippen LogP contribution in [0.5, 0.6) is 5.75 Å². The Morgan fingerprint density at radius 2 is 1.46 bits per heavy atom. The molecule has 0 radical (unpaired) electrons. The number of amides is 1. The number of fused-ring (bicyclic) bond motifs is 3. The van der Waals surface area contributed by atoms with Crippen LogP contribution in [0.3, 0.4) is 0 Å². The zero-order valence-electron chi connectivity index (χ0n) is 18.5. The number of benzene rings is 4. The van der Waals surface area contributed by atoms with Crippen molar-refractivity contribution < 1.29 is 9.90 Å². The van der Waals surface area contributed by atoms with Crippen molar-refractivity contribution in [2.24, 2.45) is 15.3 Å². The van der Waals surface area contributed by atoms with E-state index in [4.69, 9.17) is 11.6 Å². The van der Waals surface area contributed by atoms with Gasteiger partial charge in [0.05, 0.1) is 17.6 Å². The first-order chi connectivity index (χ1) is 17.1. The van der Waals surface area contributed by atoms with Gasteiger partial charge in [0.1, 0.15) is 12.3 Å². The highest BCUT2D eigenvalue weighted by Gasteiger charge is 2.12. The van der Waals surface area contributed by atoms with Crippen LogP contribution in [-0.2, 0) is 11.3 Å². The number of hydrogen-bond acceptors (Lipinski definition) is 5. The Morgan fingerprint density at radius 3 is 2.14 bits per heavy atom. The third kappa shape index (κ3) is 4.90.